The molecule has 0 saturated heterocycles. The molecule has 1 atom stereocenters. The topological polar surface area (TPSA) is 95.3 Å². The van der Waals surface area contributed by atoms with Crippen molar-refractivity contribution in [2.75, 3.05) is 7.11 Å². The molecule has 0 bridgehead atoms. The van der Waals surface area contributed by atoms with Crippen molar-refractivity contribution < 1.29 is 22.3 Å². The smallest absolute Gasteiger partial charge is 0.322 e. The summed E-state index contributed by atoms with van der Waals surface area (Å²) >= 11 is 3.28. The van der Waals surface area contributed by atoms with Gasteiger partial charge in [-0.15, -0.1) is 5.10 Å². The summed E-state index contributed by atoms with van der Waals surface area (Å²) in [5.74, 6) is 0.588. The van der Waals surface area contributed by atoms with E-state index >= 15 is 0 Å². The minimum absolute atomic E-state index is 0.00317. The molecule has 3 rings (SSSR count). The van der Waals surface area contributed by atoms with Gasteiger partial charge in [-0.05, 0) is 56.3 Å². The molecule has 1 aromatic heterocycles. The molecular formula is C19H20BrFN4O4S. The van der Waals surface area contributed by atoms with E-state index in [1.807, 2.05) is 6.92 Å². The van der Waals surface area contributed by atoms with Crippen LogP contribution in [0.2, 0.25) is 0 Å². The molecule has 30 heavy (non-hydrogen) atoms. The number of hydrogen-bond donors (Lipinski definition) is 1. The van der Waals surface area contributed by atoms with Crippen LogP contribution in [-0.4, -0.2) is 30.3 Å². The molecular weight excluding hydrogens is 479 g/mol. The Morgan fingerprint density at radius 2 is 1.90 bits per heavy atom. The van der Waals surface area contributed by atoms with E-state index in [9.17, 15) is 12.8 Å². The molecule has 0 spiro atoms. The Morgan fingerprint density at radius 1 is 1.20 bits per heavy atom. The molecule has 160 valence electrons. The van der Waals surface area contributed by atoms with Crippen LogP contribution in [0.15, 0.2) is 51.8 Å². The van der Waals surface area contributed by atoms with Crippen LogP contribution in [0.3, 0.4) is 0 Å². The lowest BCUT2D eigenvalue weighted by Crippen LogP contribution is -2.29. The number of nitrogens with one attached hydrogen (secondary N) is 1. The quantitative estimate of drug-likeness (QED) is 0.503. The zero-order chi connectivity index (χ0) is 21.9. The van der Waals surface area contributed by atoms with Gasteiger partial charge in [0.05, 0.1) is 13.2 Å². The molecule has 2 aromatic carbocycles. The summed E-state index contributed by atoms with van der Waals surface area (Å²) in [6, 6.07) is 9.64. The molecule has 0 saturated carbocycles. The molecule has 1 N–H and O–H groups in total. The van der Waals surface area contributed by atoms with Gasteiger partial charge in [0.1, 0.15) is 22.2 Å². The van der Waals surface area contributed by atoms with E-state index in [-0.39, 0.29) is 22.5 Å². The number of halogens is 2. The highest BCUT2D eigenvalue weighted by Crippen LogP contribution is 2.29. The van der Waals surface area contributed by atoms with Gasteiger partial charge in [0.25, 0.3) is 0 Å². The van der Waals surface area contributed by atoms with Crippen molar-refractivity contribution in [3.05, 3.63) is 58.6 Å². The van der Waals surface area contributed by atoms with E-state index < -0.39 is 16.1 Å². The molecule has 0 aliphatic carbocycles. The summed E-state index contributed by atoms with van der Waals surface area (Å²) in [7, 11) is -2.52. The molecule has 0 amide bonds. The predicted octanol–water partition coefficient (Wildman–Crippen LogP) is 4.04. The van der Waals surface area contributed by atoms with E-state index in [2.05, 4.69) is 30.8 Å². The number of hydrogen-bond acceptors (Lipinski definition) is 6. The van der Waals surface area contributed by atoms with E-state index in [4.69, 9.17) is 9.47 Å². The Labute approximate surface area is 182 Å². The van der Waals surface area contributed by atoms with Crippen LogP contribution in [0.4, 0.5) is 4.39 Å². The van der Waals surface area contributed by atoms with Crippen molar-refractivity contribution in [2.24, 2.45) is 0 Å². The van der Waals surface area contributed by atoms with Crippen molar-refractivity contribution in [1.82, 2.24) is 19.5 Å². The second-order valence-corrected chi connectivity index (χ2v) is 8.88. The number of aromatic nitrogens is 3. The molecule has 0 unspecified atom stereocenters. The first kappa shape index (κ1) is 22.2. The normalized spacial score (nSPS) is 12.6. The van der Waals surface area contributed by atoms with Crippen molar-refractivity contribution >= 4 is 26.0 Å². The lowest BCUT2D eigenvalue weighted by atomic mass is 10.3. The Kier molecular flexibility index (Phi) is 6.74. The Balaban J connectivity index is 1.86. The first-order valence-electron chi connectivity index (χ1n) is 8.97. The fourth-order valence-corrected chi connectivity index (χ4v) is 4.72. The standard InChI is InChI=1S/C19H20BrFN4O4S/c1-4-25-18(22-23-19(25)29-15-8-6-14(21)7-9-15)12(2)24-30(26,27)17-11-13(20)5-10-16(17)28-3/h5-12,24H,4H2,1-3H3/t12-/m1/s1. The maximum absolute atomic E-state index is 13.1. The average molecular weight is 499 g/mol. The maximum Gasteiger partial charge on any atom is 0.322 e. The number of ether oxygens (including phenoxy) is 2. The summed E-state index contributed by atoms with van der Waals surface area (Å²) in [5.41, 5.74) is 0. The Bertz CT molecular complexity index is 1140. The minimum atomic E-state index is -3.92. The summed E-state index contributed by atoms with van der Waals surface area (Å²) in [6.07, 6.45) is 0. The molecule has 11 heteroatoms. The third kappa shape index (κ3) is 4.79. The van der Waals surface area contributed by atoms with Crippen LogP contribution in [0, 0.1) is 5.82 Å². The van der Waals surface area contributed by atoms with E-state index in [0.29, 0.717) is 22.6 Å². The summed E-state index contributed by atoms with van der Waals surface area (Å²) in [4.78, 5) is -0.00317. The highest BCUT2D eigenvalue weighted by Gasteiger charge is 2.26. The summed E-state index contributed by atoms with van der Waals surface area (Å²) in [5, 5.41) is 8.09. The average Bonchev–Trinajstić information content (AvgIpc) is 3.12. The summed E-state index contributed by atoms with van der Waals surface area (Å²) in [6.45, 7) is 3.94. The molecule has 1 heterocycles. The van der Waals surface area contributed by atoms with Crippen LogP contribution in [0.5, 0.6) is 17.5 Å². The summed E-state index contributed by atoms with van der Waals surface area (Å²) < 4.78 is 54.7. The minimum Gasteiger partial charge on any atom is -0.495 e. The number of nitrogens with zero attached hydrogens (tertiary/aromatic N) is 3. The lowest BCUT2D eigenvalue weighted by Gasteiger charge is -2.16. The van der Waals surface area contributed by atoms with Crippen LogP contribution < -0.4 is 14.2 Å². The fraction of sp³-hybridized carbons (Fsp3) is 0.263. The third-order valence-electron chi connectivity index (χ3n) is 4.22. The van der Waals surface area contributed by atoms with Gasteiger partial charge in [-0.1, -0.05) is 21.0 Å². The first-order valence-corrected chi connectivity index (χ1v) is 11.2. The molecule has 3 aromatic rings. The molecule has 0 aliphatic heterocycles. The fourth-order valence-electron chi connectivity index (χ4n) is 2.81. The zero-order valence-corrected chi connectivity index (χ0v) is 18.9. The maximum atomic E-state index is 13.1. The Morgan fingerprint density at radius 3 is 2.53 bits per heavy atom. The Hall–Kier alpha value is -2.50. The van der Waals surface area contributed by atoms with Gasteiger partial charge >= 0.3 is 6.01 Å². The van der Waals surface area contributed by atoms with E-state index in [1.54, 1.807) is 23.6 Å². The molecule has 0 fully saturated rings. The van der Waals surface area contributed by atoms with Gasteiger partial charge in [-0.25, -0.2) is 17.5 Å². The highest BCUT2D eigenvalue weighted by molar-refractivity contribution is 9.10. The van der Waals surface area contributed by atoms with Gasteiger partial charge in [0.15, 0.2) is 5.82 Å². The second-order valence-electron chi connectivity index (χ2n) is 6.28. The van der Waals surface area contributed by atoms with Crippen molar-refractivity contribution in [1.29, 1.82) is 0 Å². The number of rotatable bonds is 8. The molecule has 8 nitrogen and oxygen atoms in total. The third-order valence-corrected chi connectivity index (χ3v) is 6.27. The van der Waals surface area contributed by atoms with Crippen molar-refractivity contribution in [3.63, 3.8) is 0 Å². The second kappa shape index (κ2) is 9.11. The highest BCUT2D eigenvalue weighted by atomic mass is 79.9. The monoisotopic (exact) mass is 498 g/mol. The van der Waals surface area contributed by atoms with Crippen molar-refractivity contribution in [3.8, 4) is 17.5 Å². The first-order chi connectivity index (χ1) is 14.2. The van der Waals surface area contributed by atoms with Gasteiger partial charge in [0, 0.05) is 11.0 Å². The molecule has 0 aliphatic rings. The SMILES string of the molecule is CCn1c(Oc2ccc(F)cc2)nnc1[C@@H](C)NS(=O)(=O)c1cc(Br)ccc1OC. The largest absolute Gasteiger partial charge is 0.495 e. The predicted molar refractivity (Wildman–Crippen MR) is 112 cm³/mol. The van der Waals surface area contributed by atoms with E-state index in [0.717, 1.165) is 0 Å². The van der Waals surface area contributed by atoms with E-state index in [1.165, 1.54) is 37.4 Å². The van der Waals surface area contributed by atoms with Gasteiger partial charge in [0.2, 0.25) is 10.0 Å². The van der Waals surface area contributed by atoms with Crippen LogP contribution in [0.1, 0.15) is 25.7 Å². The number of sulfonamides is 1. The number of methoxy groups -OCH3 is 1. The number of benzene rings is 2. The van der Waals surface area contributed by atoms with Crippen molar-refractivity contribution in [2.45, 2.75) is 31.3 Å². The van der Waals surface area contributed by atoms with Crippen LogP contribution in [0.25, 0.3) is 0 Å². The lowest BCUT2D eigenvalue weighted by molar-refractivity contribution is 0.401. The van der Waals surface area contributed by atoms with Gasteiger partial charge < -0.3 is 9.47 Å². The van der Waals surface area contributed by atoms with Crippen LogP contribution in [-0.2, 0) is 16.6 Å². The van der Waals surface area contributed by atoms with Gasteiger partial charge in [-0.2, -0.15) is 0 Å². The van der Waals surface area contributed by atoms with Crippen LogP contribution >= 0.6 is 15.9 Å². The molecule has 0 radical (unpaired) electrons. The zero-order valence-electron chi connectivity index (χ0n) is 16.5. The van der Waals surface area contributed by atoms with Gasteiger partial charge in [-0.3, -0.25) is 4.57 Å².